The van der Waals surface area contributed by atoms with Crippen molar-refractivity contribution in [2.45, 2.75) is 27.7 Å². The molecule has 2 aromatic carbocycles. The lowest BCUT2D eigenvalue weighted by molar-refractivity contribution is -0.116. The molecular formula is C23H24F2N4O2. The first kappa shape index (κ1) is 22.1. The highest BCUT2D eigenvalue weighted by molar-refractivity contribution is 6.01. The Morgan fingerprint density at radius 1 is 1.06 bits per heavy atom. The van der Waals surface area contributed by atoms with Gasteiger partial charge in [0.25, 0.3) is 5.91 Å². The average molecular weight is 426 g/mol. The molecule has 1 heterocycles. The number of para-hydroxylation sites is 1. The summed E-state index contributed by atoms with van der Waals surface area (Å²) in [5.74, 6) is -2.24. The van der Waals surface area contributed by atoms with E-state index in [1.54, 1.807) is 13.8 Å². The highest BCUT2D eigenvalue weighted by Gasteiger charge is 2.24. The lowest BCUT2D eigenvalue weighted by Crippen LogP contribution is -2.35. The Labute approximate surface area is 179 Å². The first-order valence-corrected chi connectivity index (χ1v) is 9.73. The summed E-state index contributed by atoms with van der Waals surface area (Å²) in [5.41, 5.74) is 3.67. The third-order valence-electron chi connectivity index (χ3n) is 5.12. The molecule has 0 bridgehead atoms. The Bertz CT molecular complexity index is 1150. The van der Waals surface area contributed by atoms with Crippen molar-refractivity contribution in [2.75, 3.05) is 18.9 Å². The summed E-state index contributed by atoms with van der Waals surface area (Å²) in [7, 11) is 1.52. The van der Waals surface area contributed by atoms with Crippen molar-refractivity contribution in [3.8, 4) is 5.69 Å². The summed E-state index contributed by atoms with van der Waals surface area (Å²) in [6.45, 7) is 6.88. The number of halogens is 2. The van der Waals surface area contributed by atoms with E-state index in [0.29, 0.717) is 11.4 Å². The van der Waals surface area contributed by atoms with Crippen LogP contribution >= 0.6 is 0 Å². The normalized spacial score (nSPS) is 10.8. The van der Waals surface area contributed by atoms with Crippen LogP contribution in [0.5, 0.6) is 0 Å². The van der Waals surface area contributed by atoms with Gasteiger partial charge in [0.05, 0.1) is 23.5 Å². The second-order valence-corrected chi connectivity index (χ2v) is 7.53. The zero-order valence-corrected chi connectivity index (χ0v) is 18.1. The number of hydrogen-bond acceptors (Lipinski definition) is 3. The Morgan fingerprint density at radius 3 is 2.32 bits per heavy atom. The molecule has 0 aliphatic carbocycles. The zero-order chi connectivity index (χ0) is 22.9. The van der Waals surface area contributed by atoms with E-state index in [1.807, 2.05) is 32.0 Å². The van der Waals surface area contributed by atoms with Crippen molar-refractivity contribution in [3.05, 3.63) is 76.1 Å². The van der Waals surface area contributed by atoms with E-state index >= 15 is 0 Å². The number of anilines is 1. The van der Waals surface area contributed by atoms with Crippen molar-refractivity contribution >= 4 is 17.5 Å². The van der Waals surface area contributed by atoms with Gasteiger partial charge in [0.15, 0.2) is 5.82 Å². The van der Waals surface area contributed by atoms with Crippen molar-refractivity contribution in [3.63, 3.8) is 0 Å². The van der Waals surface area contributed by atoms with E-state index < -0.39 is 17.5 Å². The fourth-order valence-electron chi connectivity index (χ4n) is 3.51. The van der Waals surface area contributed by atoms with Crippen LogP contribution in [0.1, 0.15) is 32.9 Å². The van der Waals surface area contributed by atoms with Crippen LogP contribution in [0.15, 0.2) is 36.4 Å². The van der Waals surface area contributed by atoms with Gasteiger partial charge in [-0.3, -0.25) is 9.59 Å². The largest absolute Gasteiger partial charge is 0.332 e. The average Bonchev–Trinajstić information content (AvgIpc) is 2.98. The van der Waals surface area contributed by atoms with E-state index in [1.165, 1.54) is 22.7 Å². The van der Waals surface area contributed by atoms with E-state index in [-0.39, 0.29) is 23.7 Å². The summed E-state index contributed by atoms with van der Waals surface area (Å²) >= 11 is 0. The molecule has 3 rings (SSSR count). The van der Waals surface area contributed by atoms with E-state index in [0.717, 1.165) is 28.9 Å². The van der Waals surface area contributed by atoms with Crippen LogP contribution < -0.4 is 5.32 Å². The molecule has 162 valence electrons. The molecule has 0 spiro atoms. The maximum atomic E-state index is 14.2. The molecule has 1 N–H and O–H groups in total. The second-order valence-electron chi connectivity index (χ2n) is 7.53. The van der Waals surface area contributed by atoms with Gasteiger partial charge in [0.2, 0.25) is 5.91 Å². The quantitative estimate of drug-likeness (QED) is 0.668. The van der Waals surface area contributed by atoms with Gasteiger partial charge in [-0.2, -0.15) is 5.10 Å². The first-order valence-electron chi connectivity index (χ1n) is 9.73. The first-order chi connectivity index (χ1) is 14.6. The topological polar surface area (TPSA) is 67.2 Å². The van der Waals surface area contributed by atoms with E-state index in [9.17, 15) is 18.4 Å². The number of aromatic nitrogens is 2. The lowest BCUT2D eigenvalue weighted by Gasteiger charge is -2.18. The van der Waals surface area contributed by atoms with Crippen LogP contribution in [-0.4, -0.2) is 40.1 Å². The van der Waals surface area contributed by atoms with Gasteiger partial charge in [-0.1, -0.05) is 18.2 Å². The number of benzene rings is 2. The molecule has 0 aliphatic heterocycles. The number of nitrogens with zero attached hydrogens (tertiary/aromatic N) is 3. The number of likely N-dealkylation sites (N-methyl/N-ethyl adjacent to an activating group) is 1. The Hall–Kier alpha value is -3.55. The van der Waals surface area contributed by atoms with Gasteiger partial charge >= 0.3 is 0 Å². The van der Waals surface area contributed by atoms with Crippen molar-refractivity contribution in [2.24, 2.45) is 0 Å². The van der Waals surface area contributed by atoms with Crippen molar-refractivity contribution < 1.29 is 18.4 Å². The number of hydrogen-bond donors (Lipinski definition) is 1. The van der Waals surface area contributed by atoms with Gasteiger partial charge in [0.1, 0.15) is 11.5 Å². The predicted octanol–water partition coefficient (Wildman–Crippen LogP) is 4.09. The van der Waals surface area contributed by atoms with Crippen LogP contribution in [0.4, 0.5) is 14.5 Å². The number of aryl methyl sites for hydroxylation is 3. The standard InChI is InChI=1S/C23H24F2N4O2/c1-13-7-6-8-14(2)22(13)26-20(30)12-28(5)23(31)21-15(3)27-29(16(21)4)19-10-9-17(24)11-18(19)25/h6-11H,12H2,1-5H3,(H,26,30). The molecule has 0 atom stereocenters. The van der Waals surface area contributed by atoms with Crippen LogP contribution in [0.25, 0.3) is 5.69 Å². The molecule has 31 heavy (non-hydrogen) atoms. The number of nitrogens with one attached hydrogen (secondary N) is 1. The number of rotatable bonds is 5. The predicted molar refractivity (Wildman–Crippen MR) is 114 cm³/mol. The molecule has 0 unspecified atom stereocenters. The summed E-state index contributed by atoms with van der Waals surface area (Å²) in [5, 5.41) is 7.10. The minimum absolute atomic E-state index is 0.0384. The molecule has 0 saturated carbocycles. The summed E-state index contributed by atoms with van der Waals surface area (Å²) in [4.78, 5) is 26.8. The number of carbonyl (C=O) groups excluding carboxylic acids is 2. The Morgan fingerprint density at radius 2 is 1.71 bits per heavy atom. The monoisotopic (exact) mass is 426 g/mol. The Balaban J connectivity index is 1.81. The van der Waals surface area contributed by atoms with Crippen molar-refractivity contribution in [1.29, 1.82) is 0 Å². The zero-order valence-electron chi connectivity index (χ0n) is 18.1. The molecule has 3 aromatic rings. The minimum atomic E-state index is -0.786. The second kappa shape index (κ2) is 8.67. The molecule has 0 saturated heterocycles. The molecule has 6 nitrogen and oxygen atoms in total. The number of amides is 2. The maximum absolute atomic E-state index is 14.2. The maximum Gasteiger partial charge on any atom is 0.257 e. The fourth-order valence-corrected chi connectivity index (χ4v) is 3.51. The molecule has 1 aromatic heterocycles. The molecule has 0 radical (unpaired) electrons. The molecule has 2 amide bonds. The van der Waals surface area contributed by atoms with Gasteiger partial charge < -0.3 is 10.2 Å². The summed E-state index contributed by atoms with van der Waals surface area (Å²) < 4.78 is 28.7. The third kappa shape index (κ3) is 4.47. The van der Waals surface area contributed by atoms with Gasteiger partial charge in [-0.05, 0) is 51.0 Å². The smallest absolute Gasteiger partial charge is 0.257 e. The molecule has 0 fully saturated rings. The highest BCUT2D eigenvalue weighted by Crippen LogP contribution is 2.22. The molecular weight excluding hydrogens is 402 g/mol. The van der Waals surface area contributed by atoms with Gasteiger partial charge in [0, 0.05) is 18.8 Å². The van der Waals surface area contributed by atoms with Crippen LogP contribution in [-0.2, 0) is 4.79 Å². The van der Waals surface area contributed by atoms with Gasteiger partial charge in [-0.25, -0.2) is 13.5 Å². The summed E-state index contributed by atoms with van der Waals surface area (Å²) in [6, 6.07) is 8.85. The molecule has 8 heteroatoms. The van der Waals surface area contributed by atoms with Crippen LogP contribution in [0.3, 0.4) is 0 Å². The Kier molecular flexibility index (Phi) is 6.19. The minimum Gasteiger partial charge on any atom is -0.332 e. The van der Waals surface area contributed by atoms with Gasteiger partial charge in [-0.15, -0.1) is 0 Å². The van der Waals surface area contributed by atoms with Crippen molar-refractivity contribution in [1.82, 2.24) is 14.7 Å². The van der Waals surface area contributed by atoms with E-state index in [4.69, 9.17) is 0 Å². The SMILES string of the molecule is Cc1cccc(C)c1NC(=O)CN(C)C(=O)c1c(C)nn(-c2ccc(F)cc2F)c1C. The third-order valence-corrected chi connectivity index (χ3v) is 5.12. The number of carbonyl (C=O) groups is 2. The molecule has 0 aliphatic rings. The summed E-state index contributed by atoms with van der Waals surface area (Å²) in [6.07, 6.45) is 0. The van der Waals surface area contributed by atoms with Crippen LogP contribution in [0.2, 0.25) is 0 Å². The van der Waals surface area contributed by atoms with Crippen LogP contribution in [0, 0.1) is 39.3 Å². The lowest BCUT2D eigenvalue weighted by atomic mass is 10.1. The highest BCUT2D eigenvalue weighted by atomic mass is 19.1. The fraction of sp³-hybridized carbons (Fsp3) is 0.261. The van der Waals surface area contributed by atoms with E-state index in [2.05, 4.69) is 10.4 Å².